The second kappa shape index (κ2) is 6.15. The molecular weight excluding hydrogens is 290 g/mol. The van der Waals surface area contributed by atoms with E-state index in [-0.39, 0.29) is 10.3 Å². The van der Waals surface area contributed by atoms with Crippen LogP contribution in [0.15, 0.2) is 23.1 Å². The number of ether oxygens (including phenoxy) is 1. The van der Waals surface area contributed by atoms with Gasteiger partial charge in [-0.2, -0.15) is 4.72 Å². The summed E-state index contributed by atoms with van der Waals surface area (Å²) in [6, 6.07) is 4.41. The molecule has 1 aromatic carbocycles. The maximum Gasteiger partial charge on any atom is 0.323 e. The van der Waals surface area contributed by atoms with Crippen LogP contribution in [-0.2, 0) is 25.0 Å². The minimum atomic E-state index is -3.78. The van der Waals surface area contributed by atoms with E-state index in [4.69, 9.17) is 0 Å². The predicted molar refractivity (Wildman–Crippen MR) is 81.7 cm³/mol. The van der Waals surface area contributed by atoms with Gasteiger partial charge in [0.25, 0.3) is 0 Å². The third kappa shape index (κ3) is 4.28. The fourth-order valence-corrected chi connectivity index (χ4v) is 3.34. The molecule has 1 aromatic rings. The molecular formula is C15H23NO4S. The molecule has 0 aliphatic rings. The van der Waals surface area contributed by atoms with Crippen LogP contribution in [0.25, 0.3) is 0 Å². The maximum absolute atomic E-state index is 12.4. The summed E-state index contributed by atoms with van der Waals surface area (Å²) in [6.45, 7) is 9.21. The Kier molecular flexibility index (Phi) is 5.17. The largest absolute Gasteiger partial charge is 0.468 e. The van der Waals surface area contributed by atoms with Crippen LogP contribution in [0.4, 0.5) is 0 Å². The number of carbonyl (C=O) groups excluding carboxylic acids is 1. The molecule has 0 saturated heterocycles. The number of sulfonamides is 1. The summed E-state index contributed by atoms with van der Waals surface area (Å²) in [5.41, 5.74) is 1.39. The van der Waals surface area contributed by atoms with Gasteiger partial charge in [0.05, 0.1) is 12.0 Å². The lowest BCUT2D eigenvalue weighted by molar-refractivity contribution is -0.142. The summed E-state index contributed by atoms with van der Waals surface area (Å²) in [6.07, 6.45) is 0. The molecule has 0 amide bonds. The molecule has 5 nitrogen and oxygen atoms in total. The number of hydrogen-bond acceptors (Lipinski definition) is 4. The Hall–Kier alpha value is -1.40. The van der Waals surface area contributed by atoms with E-state index in [9.17, 15) is 13.2 Å². The Morgan fingerprint density at radius 2 is 1.86 bits per heavy atom. The Morgan fingerprint density at radius 3 is 2.33 bits per heavy atom. The van der Waals surface area contributed by atoms with E-state index in [1.54, 1.807) is 19.1 Å². The predicted octanol–water partition coefficient (Wildman–Crippen LogP) is 2.13. The molecule has 6 heteroatoms. The highest BCUT2D eigenvalue weighted by molar-refractivity contribution is 7.89. The van der Waals surface area contributed by atoms with Crippen LogP contribution < -0.4 is 4.72 Å². The van der Waals surface area contributed by atoms with Gasteiger partial charge in [-0.1, -0.05) is 32.9 Å². The molecule has 0 spiro atoms. The van der Waals surface area contributed by atoms with Gasteiger partial charge in [-0.3, -0.25) is 4.79 Å². The Bertz CT molecular complexity index is 630. The highest BCUT2D eigenvalue weighted by Gasteiger charge is 2.25. The highest BCUT2D eigenvalue weighted by Crippen LogP contribution is 2.26. The van der Waals surface area contributed by atoms with Crippen LogP contribution in [0.2, 0.25) is 0 Å². The van der Waals surface area contributed by atoms with Crippen molar-refractivity contribution >= 4 is 16.0 Å². The average Bonchev–Trinajstić information content (AvgIpc) is 2.35. The molecule has 21 heavy (non-hydrogen) atoms. The van der Waals surface area contributed by atoms with E-state index in [0.717, 1.165) is 5.56 Å². The van der Waals surface area contributed by atoms with Crippen molar-refractivity contribution in [2.45, 2.75) is 51.0 Å². The molecule has 0 heterocycles. The Labute approximate surface area is 126 Å². The summed E-state index contributed by atoms with van der Waals surface area (Å²) in [5.74, 6) is -0.622. The zero-order valence-electron chi connectivity index (χ0n) is 13.4. The fraction of sp³-hybridized carbons (Fsp3) is 0.533. The minimum Gasteiger partial charge on any atom is -0.468 e. The first-order valence-corrected chi connectivity index (χ1v) is 8.18. The van der Waals surface area contributed by atoms with Gasteiger partial charge in [-0.05, 0) is 36.5 Å². The third-order valence-corrected chi connectivity index (χ3v) is 4.91. The number of carbonyl (C=O) groups is 1. The first kappa shape index (κ1) is 17.7. The van der Waals surface area contributed by atoms with Crippen LogP contribution in [-0.4, -0.2) is 27.5 Å². The normalized spacial score (nSPS) is 13.8. The molecule has 0 fully saturated rings. The van der Waals surface area contributed by atoms with Crippen LogP contribution in [0.5, 0.6) is 0 Å². The number of rotatable bonds is 4. The topological polar surface area (TPSA) is 72.5 Å². The second-order valence-corrected chi connectivity index (χ2v) is 7.78. The molecule has 118 valence electrons. The molecule has 0 aromatic heterocycles. The van der Waals surface area contributed by atoms with Crippen molar-refractivity contribution in [3.05, 3.63) is 29.3 Å². The molecule has 0 aliphatic heterocycles. The van der Waals surface area contributed by atoms with Crippen molar-refractivity contribution in [2.75, 3.05) is 7.11 Å². The first-order valence-electron chi connectivity index (χ1n) is 6.70. The molecule has 1 atom stereocenters. The van der Waals surface area contributed by atoms with Crippen molar-refractivity contribution < 1.29 is 17.9 Å². The summed E-state index contributed by atoms with van der Waals surface area (Å²) in [7, 11) is -2.56. The fourth-order valence-electron chi connectivity index (χ4n) is 1.88. The molecule has 1 N–H and O–H groups in total. The van der Waals surface area contributed by atoms with Gasteiger partial charge in [0.2, 0.25) is 10.0 Å². The van der Waals surface area contributed by atoms with Crippen LogP contribution in [0.1, 0.15) is 38.8 Å². The van der Waals surface area contributed by atoms with Crippen molar-refractivity contribution in [1.29, 1.82) is 0 Å². The summed E-state index contributed by atoms with van der Waals surface area (Å²) in [4.78, 5) is 11.6. The van der Waals surface area contributed by atoms with Crippen molar-refractivity contribution in [3.8, 4) is 0 Å². The summed E-state index contributed by atoms with van der Waals surface area (Å²) in [5, 5.41) is 0. The van der Waals surface area contributed by atoms with Gasteiger partial charge in [-0.15, -0.1) is 0 Å². The lowest BCUT2D eigenvalue weighted by Gasteiger charge is -2.21. The van der Waals surface area contributed by atoms with Crippen molar-refractivity contribution in [1.82, 2.24) is 4.72 Å². The van der Waals surface area contributed by atoms with Gasteiger partial charge in [0.1, 0.15) is 6.04 Å². The summed E-state index contributed by atoms with van der Waals surface area (Å²) < 4.78 is 31.8. The molecule has 0 radical (unpaired) electrons. The lowest BCUT2D eigenvalue weighted by atomic mass is 9.87. The van der Waals surface area contributed by atoms with Crippen LogP contribution in [0, 0.1) is 6.92 Å². The van der Waals surface area contributed by atoms with E-state index in [1.807, 2.05) is 26.8 Å². The van der Waals surface area contributed by atoms with E-state index in [0.29, 0.717) is 5.56 Å². The molecule has 1 rings (SSSR count). The standard InChI is InChI=1S/C15H23NO4S/c1-10-7-8-12(15(3,4)5)9-13(10)21(18,19)16-11(2)14(17)20-6/h7-9,11,16H,1-6H3. The van der Waals surface area contributed by atoms with Crippen LogP contribution in [0.3, 0.4) is 0 Å². The first-order chi connectivity index (χ1) is 9.49. The highest BCUT2D eigenvalue weighted by atomic mass is 32.2. The molecule has 0 saturated carbocycles. The van der Waals surface area contributed by atoms with Crippen LogP contribution >= 0.6 is 0 Å². The zero-order valence-corrected chi connectivity index (χ0v) is 14.2. The monoisotopic (exact) mass is 313 g/mol. The van der Waals surface area contributed by atoms with E-state index in [1.165, 1.54) is 14.0 Å². The number of methoxy groups -OCH3 is 1. The van der Waals surface area contributed by atoms with Gasteiger partial charge in [0, 0.05) is 0 Å². The maximum atomic E-state index is 12.4. The van der Waals surface area contributed by atoms with Crippen molar-refractivity contribution in [2.24, 2.45) is 0 Å². The number of nitrogens with one attached hydrogen (secondary N) is 1. The third-order valence-electron chi connectivity index (χ3n) is 3.23. The van der Waals surface area contributed by atoms with Gasteiger partial charge >= 0.3 is 5.97 Å². The van der Waals surface area contributed by atoms with Gasteiger partial charge in [0.15, 0.2) is 0 Å². The minimum absolute atomic E-state index is 0.161. The number of hydrogen-bond donors (Lipinski definition) is 1. The SMILES string of the molecule is COC(=O)C(C)NS(=O)(=O)c1cc(C(C)(C)C)ccc1C. The second-order valence-electron chi connectivity index (χ2n) is 6.10. The molecule has 0 aliphatic carbocycles. The zero-order chi connectivity index (χ0) is 16.4. The summed E-state index contributed by atoms with van der Waals surface area (Å²) >= 11 is 0. The quantitative estimate of drug-likeness (QED) is 0.864. The Balaban J connectivity index is 3.22. The average molecular weight is 313 g/mol. The van der Waals surface area contributed by atoms with E-state index in [2.05, 4.69) is 9.46 Å². The van der Waals surface area contributed by atoms with Crippen molar-refractivity contribution in [3.63, 3.8) is 0 Å². The van der Waals surface area contributed by atoms with E-state index < -0.39 is 22.0 Å². The number of benzene rings is 1. The van der Waals surface area contributed by atoms with Gasteiger partial charge in [-0.25, -0.2) is 8.42 Å². The lowest BCUT2D eigenvalue weighted by Crippen LogP contribution is -2.39. The number of esters is 1. The Morgan fingerprint density at radius 1 is 1.29 bits per heavy atom. The number of aryl methyl sites for hydroxylation is 1. The molecule has 0 bridgehead atoms. The molecule has 1 unspecified atom stereocenters. The van der Waals surface area contributed by atoms with E-state index >= 15 is 0 Å². The van der Waals surface area contributed by atoms with Gasteiger partial charge < -0.3 is 4.74 Å². The smallest absolute Gasteiger partial charge is 0.323 e.